The average molecular weight is 415 g/mol. The Kier molecular flexibility index (Phi) is 5.51. The van der Waals surface area contributed by atoms with E-state index in [1.165, 1.54) is 5.56 Å². The summed E-state index contributed by atoms with van der Waals surface area (Å²) < 4.78 is 11.4. The highest BCUT2D eigenvalue weighted by Gasteiger charge is 2.13. The number of hydrogen-bond donors (Lipinski definition) is 1. The molecule has 0 unspecified atom stereocenters. The molecule has 0 radical (unpaired) electrons. The van der Waals surface area contributed by atoms with Crippen molar-refractivity contribution in [2.75, 3.05) is 11.9 Å². The maximum absolute atomic E-state index is 12.2. The Morgan fingerprint density at radius 2 is 1.71 bits per heavy atom. The standard InChI is InChI=1S/C26H26N2O3/c1-17-5-14-23-22(15-17)28-25(31-23)18-6-10-20(11-7-18)27-24(29)16-30-21-12-8-19(9-13-21)26(2,3)4/h5-15H,16H2,1-4H3,(H,27,29). The fraction of sp³-hybridized carbons (Fsp3) is 0.231. The van der Waals surface area contributed by atoms with Crippen molar-refractivity contribution in [1.29, 1.82) is 0 Å². The maximum atomic E-state index is 12.2. The molecule has 0 bridgehead atoms. The van der Waals surface area contributed by atoms with E-state index in [0.717, 1.165) is 22.2 Å². The van der Waals surface area contributed by atoms with Gasteiger partial charge in [0.1, 0.15) is 11.3 Å². The van der Waals surface area contributed by atoms with Crippen molar-refractivity contribution in [2.45, 2.75) is 33.1 Å². The van der Waals surface area contributed by atoms with Gasteiger partial charge < -0.3 is 14.5 Å². The van der Waals surface area contributed by atoms with Crippen LogP contribution in [-0.4, -0.2) is 17.5 Å². The summed E-state index contributed by atoms with van der Waals surface area (Å²) >= 11 is 0. The van der Waals surface area contributed by atoms with Crippen LogP contribution in [0.1, 0.15) is 31.9 Å². The first kappa shape index (κ1) is 20.7. The number of nitrogens with one attached hydrogen (secondary N) is 1. The lowest BCUT2D eigenvalue weighted by Gasteiger charge is -2.19. The first-order valence-corrected chi connectivity index (χ1v) is 10.3. The first-order valence-electron chi connectivity index (χ1n) is 10.3. The van der Waals surface area contributed by atoms with Gasteiger partial charge in [0.25, 0.3) is 5.91 Å². The van der Waals surface area contributed by atoms with Crippen LogP contribution in [-0.2, 0) is 10.2 Å². The minimum Gasteiger partial charge on any atom is -0.484 e. The Balaban J connectivity index is 1.35. The number of nitrogens with zero attached hydrogens (tertiary/aromatic N) is 1. The van der Waals surface area contributed by atoms with Crippen LogP contribution in [0.4, 0.5) is 5.69 Å². The molecule has 3 aromatic carbocycles. The number of aryl methyl sites for hydroxylation is 1. The highest BCUT2D eigenvalue weighted by molar-refractivity contribution is 5.92. The van der Waals surface area contributed by atoms with Crippen molar-refractivity contribution in [2.24, 2.45) is 0 Å². The molecular formula is C26H26N2O3. The second-order valence-electron chi connectivity index (χ2n) is 8.68. The molecule has 1 heterocycles. The third kappa shape index (κ3) is 4.94. The zero-order chi connectivity index (χ0) is 22.0. The van der Waals surface area contributed by atoms with E-state index in [-0.39, 0.29) is 17.9 Å². The number of rotatable bonds is 5. The van der Waals surface area contributed by atoms with Gasteiger partial charge in [-0.1, -0.05) is 39.0 Å². The van der Waals surface area contributed by atoms with Crippen LogP contribution in [0.2, 0.25) is 0 Å². The number of oxazole rings is 1. The Morgan fingerprint density at radius 3 is 2.39 bits per heavy atom. The summed E-state index contributed by atoms with van der Waals surface area (Å²) in [6.45, 7) is 8.45. The molecule has 4 aromatic rings. The van der Waals surface area contributed by atoms with Crippen molar-refractivity contribution in [3.8, 4) is 17.2 Å². The molecule has 31 heavy (non-hydrogen) atoms. The molecule has 0 spiro atoms. The van der Waals surface area contributed by atoms with Gasteiger partial charge in [-0.25, -0.2) is 4.98 Å². The van der Waals surface area contributed by atoms with E-state index in [9.17, 15) is 4.79 Å². The van der Waals surface area contributed by atoms with E-state index in [4.69, 9.17) is 9.15 Å². The van der Waals surface area contributed by atoms with E-state index in [2.05, 4.69) is 31.1 Å². The summed E-state index contributed by atoms with van der Waals surface area (Å²) in [5.41, 5.74) is 5.57. The molecule has 158 valence electrons. The first-order chi connectivity index (χ1) is 14.8. The summed E-state index contributed by atoms with van der Waals surface area (Å²) in [5.74, 6) is 1.01. The van der Waals surface area contributed by atoms with Crippen LogP contribution >= 0.6 is 0 Å². The van der Waals surface area contributed by atoms with Gasteiger partial charge in [-0.2, -0.15) is 0 Å². The summed E-state index contributed by atoms with van der Waals surface area (Å²) in [6.07, 6.45) is 0. The number of fused-ring (bicyclic) bond motifs is 1. The Bertz CT molecular complexity index is 1200. The topological polar surface area (TPSA) is 64.4 Å². The largest absolute Gasteiger partial charge is 0.484 e. The Labute approximate surface area is 182 Å². The molecule has 5 nitrogen and oxygen atoms in total. The van der Waals surface area contributed by atoms with E-state index < -0.39 is 0 Å². The number of aromatic nitrogens is 1. The molecule has 0 fully saturated rings. The van der Waals surface area contributed by atoms with E-state index in [0.29, 0.717) is 17.3 Å². The summed E-state index contributed by atoms with van der Waals surface area (Å²) in [6, 6.07) is 21.2. The molecule has 0 aliphatic carbocycles. The molecule has 4 rings (SSSR count). The number of carbonyl (C=O) groups is 1. The predicted molar refractivity (Wildman–Crippen MR) is 123 cm³/mol. The SMILES string of the molecule is Cc1ccc2oc(-c3ccc(NC(=O)COc4ccc(C(C)(C)C)cc4)cc3)nc2c1. The minimum absolute atomic E-state index is 0.0545. The van der Waals surface area contributed by atoms with Gasteiger partial charge in [-0.05, 0) is 72.0 Å². The zero-order valence-electron chi connectivity index (χ0n) is 18.2. The van der Waals surface area contributed by atoms with Crippen LogP contribution in [0.25, 0.3) is 22.6 Å². The minimum atomic E-state index is -0.218. The van der Waals surface area contributed by atoms with Crippen LogP contribution in [0.3, 0.4) is 0 Å². The number of ether oxygens (including phenoxy) is 1. The molecule has 0 aliphatic rings. The normalized spacial score (nSPS) is 11.5. The predicted octanol–water partition coefficient (Wildman–Crippen LogP) is 6.12. The van der Waals surface area contributed by atoms with Gasteiger partial charge in [0, 0.05) is 11.3 Å². The molecule has 0 aliphatic heterocycles. The number of carbonyl (C=O) groups excluding carboxylic acids is 1. The lowest BCUT2D eigenvalue weighted by Crippen LogP contribution is -2.20. The molecule has 1 aromatic heterocycles. The highest BCUT2D eigenvalue weighted by Crippen LogP contribution is 2.26. The van der Waals surface area contributed by atoms with E-state index in [1.807, 2.05) is 73.7 Å². The molecule has 1 amide bonds. The molecule has 0 saturated heterocycles. The van der Waals surface area contributed by atoms with Gasteiger partial charge >= 0.3 is 0 Å². The van der Waals surface area contributed by atoms with Gasteiger partial charge in [0.15, 0.2) is 12.2 Å². The number of hydrogen-bond acceptors (Lipinski definition) is 4. The quantitative estimate of drug-likeness (QED) is 0.427. The van der Waals surface area contributed by atoms with Crippen LogP contribution in [0, 0.1) is 6.92 Å². The monoisotopic (exact) mass is 414 g/mol. The fourth-order valence-electron chi connectivity index (χ4n) is 3.25. The van der Waals surface area contributed by atoms with Crippen LogP contribution in [0.15, 0.2) is 71.1 Å². The van der Waals surface area contributed by atoms with Crippen molar-refractivity contribution in [3.05, 3.63) is 77.9 Å². The van der Waals surface area contributed by atoms with Crippen LogP contribution in [0.5, 0.6) is 5.75 Å². The van der Waals surface area contributed by atoms with Crippen molar-refractivity contribution < 1.29 is 13.9 Å². The van der Waals surface area contributed by atoms with Crippen molar-refractivity contribution >= 4 is 22.7 Å². The lowest BCUT2D eigenvalue weighted by molar-refractivity contribution is -0.118. The summed E-state index contributed by atoms with van der Waals surface area (Å²) in [4.78, 5) is 16.8. The van der Waals surface area contributed by atoms with Crippen molar-refractivity contribution in [1.82, 2.24) is 4.98 Å². The highest BCUT2D eigenvalue weighted by atomic mass is 16.5. The second-order valence-corrected chi connectivity index (χ2v) is 8.68. The van der Waals surface area contributed by atoms with E-state index >= 15 is 0 Å². The number of amides is 1. The molecule has 0 atom stereocenters. The van der Waals surface area contributed by atoms with Gasteiger partial charge in [-0.3, -0.25) is 4.79 Å². The third-order valence-electron chi connectivity index (χ3n) is 5.05. The number of benzene rings is 3. The van der Waals surface area contributed by atoms with Gasteiger partial charge in [-0.15, -0.1) is 0 Å². The molecule has 5 heteroatoms. The van der Waals surface area contributed by atoms with Gasteiger partial charge in [0.2, 0.25) is 5.89 Å². The second kappa shape index (κ2) is 8.26. The maximum Gasteiger partial charge on any atom is 0.262 e. The fourth-order valence-corrected chi connectivity index (χ4v) is 3.25. The van der Waals surface area contributed by atoms with E-state index in [1.54, 1.807) is 0 Å². The van der Waals surface area contributed by atoms with Gasteiger partial charge in [0.05, 0.1) is 0 Å². The molecule has 1 N–H and O–H groups in total. The third-order valence-corrected chi connectivity index (χ3v) is 5.05. The lowest BCUT2D eigenvalue weighted by atomic mass is 9.87. The van der Waals surface area contributed by atoms with Crippen molar-refractivity contribution in [3.63, 3.8) is 0 Å². The molecule has 0 saturated carbocycles. The Hall–Kier alpha value is -3.60. The smallest absolute Gasteiger partial charge is 0.262 e. The average Bonchev–Trinajstić information content (AvgIpc) is 3.15. The molecular weight excluding hydrogens is 388 g/mol. The zero-order valence-corrected chi connectivity index (χ0v) is 18.2. The summed E-state index contributed by atoms with van der Waals surface area (Å²) in [5, 5.41) is 2.85. The van der Waals surface area contributed by atoms with Crippen LogP contribution < -0.4 is 10.1 Å². The summed E-state index contributed by atoms with van der Waals surface area (Å²) in [7, 11) is 0. The Morgan fingerprint density at radius 1 is 1.00 bits per heavy atom. The number of anilines is 1.